The number of rotatable bonds is 4. The lowest BCUT2D eigenvalue weighted by atomic mass is 9.99. The van der Waals surface area contributed by atoms with E-state index in [0.29, 0.717) is 5.56 Å². The van der Waals surface area contributed by atoms with Gasteiger partial charge in [0.05, 0.1) is 17.3 Å². The number of aryl methyl sites for hydroxylation is 1. The number of hydrogen-bond donors (Lipinski definition) is 2. The highest BCUT2D eigenvalue weighted by molar-refractivity contribution is 6.05. The SMILES string of the molecule is Cc1cc(C(=O)NC2CN(Cc3ccccc3)C(C)(C)C2)c2[nH]ncc2c1. The minimum atomic E-state index is -0.0321. The lowest BCUT2D eigenvalue weighted by molar-refractivity contribution is 0.0939. The molecule has 1 aliphatic rings. The van der Waals surface area contributed by atoms with Gasteiger partial charge in [-0.05, 0) is 50.5 Å². The number of likely N-dealkylation sites (tertiary alicyclic amines) is 1. The lowest BCUT2D eigenvalue weighted by Gasteiger charge is -2.31. The maximum Gasteiger partial charge on any atom is 0.253 e. The average Bonchev–Trinajstić information content (AvgIpc) is 3.19. The first-order valence-corrected chi connectivity index (χ1v) is 9.46. The summed E-state index contributed by atoms with van der Waals surface area (Å²) in [7, 11) is 0. The highest BCUT2D eigenvalue weighted by Crippen LogP contribution is 2.30. The standard InChI is InChI=1S/C22H26N4O/c1-15-9-17-12-23-25-20(17)19(10-15)21(27)24-18-11-22(2,3)26(14-18)13-16-7-5-4-6-8-16/h4-10,12,18H,11,13-14H2,1-3H3,(H,23,25)(H,24,27). The molecule has 1 fully saturated rings. The first kappa shape index (κ1) is 17.7. The zero-order valence-corrected chi connectivity index (χ0v) is 16.1. The van der Waals surface area contributed by atoms with Crippen LogP contribution in [-0.4, -0.2) is 39.1 Å². The normalized spacial score (nSPS) is 19.4. The smallest absolute Gasteiger partial charge is 0.253 e. The number of fused-ring (bicyclic) bond motifs is 1. The number of aromatic amines is 1. The van der Waals surface area contributed by atoms with Crippen molar-refractivity contribution in [2.24, 2.45) is 0 Å². The summed E-state index contributed by atoms with van der Waals surface area (Å²) in [6, 6.07) is 14.6. The van der Waals surface area contributed by atoms with Crippen molar-refractivity contribution >= 4 is 16.8 Å². The van der Waals surface area contributed by atoms with Gasteiger partial charge in [0.25, 0.3) is 5.91 Å². The molecule has 0 bridgehead atoms. The van der Waals surface area contributed by atoms with Gasteiger partial charge in [-0.15, -0.1) is 0 Å². The van der Waals surface area contributed by atoms with Crippen molar-refractivity contribution in [1.82, 2.24) is 20.4 Å². The minimum absolute atomic E-state index is 0.0321. The van der Waals surface area contributed by atoms with Crippen molar-refractivity contribution in [2.45, 2.75) is 45.3 Å². The van der Waals surface area contributed by atoms with E-state index >= 15 is 0 Å². The summed E-state index contributed by atoms with van der Waals surface area (Å²) >= 11 is 0. The van der Waals surface area contributed by atoms with Gasteiger partial charge in [0.1, 0.15) is 0 Å². The fraction of sp³-hybridized carbons (Fsp3) is 0.364. The van der Waals surface area contributed by atoms with Gasteiger partial charge in [-0.25, -0.2) is 0 Å². The summed E-state index contributed by atoms with van der Waals surface area (Å²) in [5, 5.41) is 11.3. The van der Waals surface area contributed by atoms with Gasteiger partial charge < -0.3 is 5.32 Å². The molecular weight excluding hydrogens is 336 g/mol. The van der Waals surface area contributed by atoms with Crippen LogP contribution in [0, 0.1) is 6.92 Å². The summed E-state index contributed by atoms with van der Waals surface area (Å²) in [4.78, 5) is 15.4. The van der Waals surface area contributed by atoms with E-state index in [1.165, 1.54) is 5.56 Å². The Balaban J connectivity index is 1.49. The van der Waals surface area contributed by atoms with E-state index in [1.54, 1.807) is 6.20 Å². The van der Waals surface area contributed by atoms with Crippen LogP contribution in [-0.2, 0) is 6.54 Å². The van der Waals surface area contributed by atoms with E-state index in [-0.39, 0.29) is 17.5 Å². The third kappa shape index (κ3) is 3.60. The third-order valence-corrected chi connectivity index (χ3v) is 5.53. The molecule has 2 N–H and O–H groups in total. The Labute approximate surface area is 159 Å². The van der Waals surface area contributed by atoms with E-state index in [0.717, 1.165) is 36.0 Å². The quantitative estimate of drug-likeness (QED) is 0.745. The van der Waals surface area contributed by atoms with E-state index in [2.05, 4.69) is 58.5 Å². The Morgan fingerprint density at radius 2 is 2.07 bits per heavy atom. The topological polar surface area (TPSA) is 61.0 Å². The van der Waals surface area contributed by atoms with Gasteiger partial charge in [0.15, 0.2) is 0 Å². The monoisotopic (exact) mass is 362 g/mol. The van der Waals surface area contributed by atoms with Crippen LogP contribution in [0.5, 0.6) is 0 Å². The Hall–Kier alpha value is -2.66. The van der Waals surface area contributed by atoms with Crippen LogP contribution in [0.4, 0.5) is 0 Å². The molecule has 1 unspecified atom stereocenters. The second kappa shape index (κ2) is 6.82. The molecular formula is C22H26N4O. The molecule has 2 aromatic carbocycles. The molecule has 5 heteroatoms. The Kier molecular flexibility index (Phi) is 4.48. The number of aromatic nitrogens is 2. The molecule has 1 atom stereocenters. The van der Waals surface area contributed by atoms with Crippen molar-refractivity contribution in [3.05, 3.63) is 65.4 Å². The minimum Gasteiger partial charge on any atom is -0.348 e. The molecule has 0 spiro atoms. The lowest BCUT2D eigenvalue weighted by Crippen LogP contribution is -2.38. The first-order valence-electron chi connectivity index (χ1n) is 9.46. The van der Waals surface area contributed by atoms with Gasteiger partial charge >= 0.3 is 0 Å². The number of carbonyl (C=O) groups excluding carboxylic acids is 1. The van der Waals surface area contributed by atoms with Crippen LogP contribution < -0.4 is 5.32 Å². The molecule has 2 heterocycles. The highest BCUT2D eigenvalue weighted by atomic mass is 16.1. The molecule has 1 amide bonds. The van der Waals surface area contributed by atoms with Gasteiger partial charge in [0, 0.05) is 30.1 Å². The van der Waals surface area contributed by atoms with Crippen molar-refractivity contribution in [3.8, 4) is 0 Å². The summed E-state index contributed by atoms with van der Waals surface area (Å²) in [5.74, 6) is -0.0321. The zero-order valence-electron chi connectivity index (χ0n) is 16.1. The Bertz CT molecular complexity index is 961. The molecule has 0 saturated carbocycles. The fourth-order valence-electron chi connectivity index (χ4n) is 4.14. The van der Waals surface area contributed by atoms with Gasteiger partial charge in [-0.3, -0.25) is 14.8 Å². The second-order valence-corrected chi connectivity index (χ2v) is 8.20. The molecule has 0 aliphatic carbocycles. The van der Waals surface area contributed by atoms with Crippen LogP contribution in [0.2, 0.25) is 0 Å². The van der Waals surface area contributed by atoms with Crippen molar-refractivity contribution in [1.29, 1.82) is 0 Å². The zero-order chi connectivity index (χ0) is 19.0. The number of nitrogens with one attached hydrogen (secondary N) is 2. The number of hydrogen-bond acceptors (Lipinski definition) is 3. The van der Waals surface area contributed by atoms with Gasteiger partial charge in [-0.1, -0.05) is 30.3 Å². The summed E-state index contributed by atoms with van der Waals surface area (Å²) in [6.45, 7) is 8.26. The van der Waals surface area contributed by atoms with E-state index in [4.69, 9.17) is 0 Å². The van der Waals surface area contributed by atoms with Crippen molar-refractivity contribution in [2.75, 3.05) is 6.54 Å². The number of carbonyl (C=O) groups is 1. The molecule has 0 radical (unpaired) electrons. The Morgan fingerprint density at radius 1 is 1.30 bits per heavy atom. The van der Waals surface area contributed by atoms with Crippen LogP contribution in [0.25, 0.3) is 10.9 Å². The average molecular weight is 362 g/mol. The van der Waals surface area contributed by atoms with Crippen molar-refractivity contribution < 1.29 is 4.79 Å². The molecule has 5 nitrogen and oxygen atoms in total. The molecule has 27 heavy (non-hydrogen) atoms. The molecule has 1 saturated heterocycles. The first-order chi connectivity index (χ1) is 12.9. The van der Waals surface area contributed by atoms with Gasteiger partial charge in [0.2, 0.25) is 0 Å². The predicted molar refractivity (Wildman–Crippen MR) is 108 cm³/mol. The number of nitrogens with zero attached hydrogens (tertiary/aromatic N) is 2. The van der Waals surface area contributed by atoms with Crippen molar-refractivity contribution in [3.63, 3.8) is 0 Å². The molecule has 4 rings (SSSR count). The molecule has 1 aliphatic heterocycles. The second-order valence-electron chi connectivity index (χ2n) is 8.20. The molecule has 1 aromatic heterocycles. The molecule has 3 aromatic rings. The number of H-pyrrole nitrogens is 1. The largest absolute Gasteiger partial charge is 0.348 e. The van der Waals surface area contributed by atoms with Crippen LogP contribution in [0.1, 0.15) is 41.8 Å². The number of amides is 1. The van der Waals surface area contributed by atoms with Gasteiger partial charge in [-0.2, -0.15) is 5.10 Å². The maximum absolute atomic E-state index is 13.0. The predicted octanol–water partition coefficient (Wildman–Crippen LogP) is 3.65. The maximum atomic E-state index is 13.0. The summed E-state index contributed by atoms with van der Waals surface area (Å²) in [5.41, 5.74) is 3.88. The summed E-state index contributed by atoms with van der Waals surface area (Å²) < 4.78 is 0. The van der Waals surface area contributed by atoms with E-state index in [1.807, 2.05) is 25.1 Å². The van der Waals surface area contributed by atoms with Crippen LogP contribution >= 0.6 is 0 Å². The van der Waals surface area contributed by atoms with Crippen LogP contribution in [0.3, 0.4) is 0 Å². The fourth-order valence-corrected chi connectivity index (χ4v) is 4.14. The van der Waals surface area contributed by atoms with E-state index < -0.39 is 0 Å². The van der Waals surface area contributed by atoms with Crippen LogP contribution in [0.15, 0.2) is 48.7 Å². The van der Waals surface area contributed by atoms with E-state index in [9.17, 15) is 4.79 Å². The third-order valence-electron chi connectivity index (χ3n) is 5.53. The highest BCUT2D eigenvalue weighted by Gasteiger charge is 2.38. The summed E-state index contributed by atoms with van der Waals surface area (Å²) in [6.07, 6.45) is 2.70. The Morgan fingerprint density at radius 3 is 2.85 bits per heavy atom. The number of benzene rings is 2. The molecule has 140 valence electrons.